The lowest BCUT2D eigenvalue weighted by molar-refractivity contribution is -0.143. The Morgan fingerprint density at radius 3 is 0.782 bits per heavy atom. The number of rotatable bonds is 77. The average Bonchev–Trinajstić information content (AvgIpc) is 3.58. The number of amides is 1. The van der Waals surface area contributed by atoms with E-state index < -0.39 is 12.1 Å². The summed E-state index contributed by atoms with van der Waals surface area (Å²) in [6, 6.07) is -0.626. The van der Waals surface area contributed by atoms with Crippen LogP contribution in [0.3, 0.4) is 0 Å². The van der Waals surface area contributed by atoms with Crippen molar-refractivity contribution < 1.29 is 24.5 Å². The lowest BCUT2D eigenvalue weighted by Crippen LogP contribution is -2.45. The van der Waals surface area contributed by atoms with Crippen molar-refractivity contribution in [2.24, 2.45) is 0 Å². The minimum atomic E-state index is -0.843. The maximum Gasteiger partial charge on any atom is 0.305 e. The monoisotopic (exact) mass is 1230 g/mol. The van der Waals surface area contributed by atoms with Gasteiger partial charge in [0.2, 0.25) is 5.91 Å². The molecule has 0 aliphatic heterocycles. The van der Waals surface area contributed by atoms with Gasteiger partial charge in [0.1, 0.15) is 0 Å². The Hall–Kier alpha value is -1.40. The molecule has 6 nitrogen and oxygen atoms in total. The van der Waals surface area contributed by atoms with Crippen molar-refractivity contribution in [3.05, 3.63) is 12.2 Å². The highest BCUT2D eigenvalue weighted by Gasteiger charge is 2.18. The number of allylic oxidation sites excluding steroid dienone is 1. The van der Waals surface area contributed by atoms with E-state index in [-0.39, 0.29) is 18.5 Å². The molecule has 87 heavy (non-hydrogen) atoms. The van der Waals surface area contributed by atoms with E-state index in [4.69, 9.17) is 4.74 Å². The maximum absolute atomic E-state index is 12.6. The number of unbranched alkanes of at least 4 members (excludes halogenated alkanes) is 66. The first-order chi connectivity index (χ1) is 43.0. The summed E-state index contributed by atoms with van der Waals surface area (Å²) in [5, 5.41) is 23.3. The second-order valence-electron chi connectivity index (χ2n) is 28.1. The number of hydrogen-bond acceptors (Lipinski definition) is 5. The molecule has 3 N–H and O–H groups in total. The molecule has 2 unspecified atom stereocenters. The predicted molar refractivity (Wildman–Crippen MR) is 384 cm³/mol. The zero-order valence-corrected chi connectivity index (χ0v) is 59.5. The number of hydrogen-bond donors (Lipinski definition) is 3. The Bertz CT molecular complexity index is 1320. The van der Waals surface area contributed by atoms with Crippen molar-refractivity contribution in [1.82, 2.24) is 5.32 Å². The van der Waals surface area contributed by atoms with Crippen LogP contribution < -0.4 is 5.32 Å². The largest absolute Gasteiger partial charge is 0.466 e. The van der Waals surface area contributed by atoms with Crippen LogP contribution in [-0.2, 0) is 14.3 Å². The van der Waals surface area contributed by atoms with Gasteiger partial charge in [-0.1, -0.05) is 437 Å². The zero-order chi connectivity index (χ0) is 62.8. The van der Waals surface area contributed by atoms with E-state index in [0.717, 1.165) is 38.5 Å². The van der Waals surface area contributed by atoms with Gasteiger partial charge in [-0.25, -0.2) is 0 Å². The van der Waals surface area contributed by atoms with Crippen molar-refractivity contribution in [2.75, 3.05) is 13.2 Å². The van der Waals surface area contributed by atoms with Crippen LogP contribution in [-0.4, -0.2) is 47.4 Å². The van der Waals surface area contributed by atoms with E-state index in [2.05, 4.69) is 19.2 Å². The summed E-state index contributed by atoms with van der Waals surface area (Å²) in [4.78, 5) is 24.7. The third-order valence-corrected chi connectivity index (χ3v) is 19.3. The van der Waals surface area contributed by atoms with Gasteiger partial charge in [0.25, 0.3) is 0 Å². The number of carbonyl (C=O) groups excluding carboxylic acids is 2. The molecule has 1 amide bonds. The Balaban J connectivity index is 3.35. The standard InChI is InChI=1S/C81H159NO5/c1-3-5-7-9-11-13-15-17-19-21-22-23-24-32-35-38-42-45-49-53-57-61-65-69-73-79(84)78(77-83)82-80(85)74-70-66-62-58-54-50-46-43-39-36-33-30-28-26-25-27-29-31-34-37-40-44-48-52-56-60-64-68-72-76-87-81(86)75-71-67-63-59-55-51-47-41-20-18-16-14-12-10-8-6-4-2/h69,73,78-79,83-84H,3-68,70-72,74-77H2,1-2H3,(H,82,85)/b73-69+. The Kier molecular flexibility index (Phi) is 75.8. The van der Waals surface area contributed by atoms with E-state index in [1.807, 2.05) is 6.08 Å². The second-order valence-corrected chi connectivity index (χ2v) is 28.1. The smallest absolute Gasteiger partial charge is 0.305 e. The fraction of sp³-hybridized carbons (Fsp3) is 0.951. The highest BCUT2D eigenvalue weighted by molar-refractivity contribution is 5.76. The van der Waals surface area contributed by atoms with Crippen molar-refractivity contribution in [1.29, 1.82) is 0 Å². The van der Waals surface area contributed by atoms with Gasteiger partial charge < -0.3 is 20.3 Å². The lowest BCUT2D eigenvalue weighted by Gasteiger charge is -2.20. The van der Waals surface area contributed by atoms with Gasteiger partial charge >= 0.3 is 5.97 Å². The van der Waals surface area contributed by atoms with Crippen LogP contribution in [0.5, 0.6) is 0 Å². The number of aliphatic hydroxyl groups is 2. The molecule has 0 aliphatic carbocycles. The summed E-state index contributed by atoms with van der Waals surface area (Å²) >= 11 is 0. The Morgan fingerprint density at radius 2 is 0.529 bits per heavy atom. The number of ether oxygens (including phenoxy) is 1. The van der Waals surface area contributed by atoms with Crippen molar-refractivity contribution in [3.63, 3.8) is 0 Å². The van der Waals surface area contributed by atoms with E-state index >= 15 is 0 Å². The van der Waals surface area contributed by atoms with Crippen LogP contribution in [0.2, 0.25) is 0 Å². The van der Waals surface area contributed by atoms with Gasteiger partial charge in [0.05, 0.1) is 25.4 Å². The summed E-state index contributed by atoms with van der Waals surface area (Å²) in [6.07, 6.45) is 97.7. The minimum absolute atomic E-state index is 0.0246. The first-order valence-electron chi connectivity index (χ1n) is 40.5. The quantitative estimate of drug-likeness (QED) is 0.0320. The molecular formula is C81H159NO5. The topological polar surface area (TPSA) is 95.9 Å². The lowest BCUT2D eigenvalue weighted by atomic mass is 10.0. The molecule has 0 aromatic rings. The molecular weight excluding hydrogens is 1070 g/mol. The molecule has 0 aromatic heterocycles. The van der Waals surface area contributed by atoms with E-state index in [1.54, 1.807) is 6.08 Å². The van der Waals surface area contributed by atoms with Crippen LogP contribution in [0.4, 0.5) is 0 Å². The highest BCUT2D eigenvalue weighted by Crippen LogP contribution is 2.20. The molecule has 0 bridgehead atoms. The number of esters is 1. The summed E-state index contributed by atoms with van der Waals surface area (Å²) < 4.78 is 5.52. The van der Waals surface area contributed by atoms with Crippen molar-refractivity contribution in [3.8, 4) is 0 Å². The summed E-state index contributed by atoms with van der Waals surface area (Å²) in [6.45, 7) is 4.97. The zero-order valence-electron chi connectivity index (χ0n) is 59.5. The fourth-order valence-electron chi connectivity index (χ4n) is 13.2. The van der Waals surface area contributed by atoms with Gasteiger partial charge in [0, 0.05) is 12.8 Å². The van der Waals surface area contributed by atoms with E-state index in [9.17, 15) is 19.8 Å². The summed E-state index contributed by atoms with van der Waals surface area (Å²) in [5.74, 6) is -0.0340. The van der Waals surface area contributed by atoms with Crippen LogP contribution in [0, 0.1) is 0 Å². The fourth-order valence-corrected chi connectivity index (χ4v) is 13.2. The molecule has 0 rings (SSSR count). The molecule has 0 radical (unpaired) electrons. The second kappa shape index (κ2) is 77.1. The molecule has 0 spiro atoms. The van der Waals surface area contributed by atoms with Gasteiger partial charge in [-0.05, 0) is 32.1 Å². The number of nitrogens with one attached hydrogen (secondary N) is 1. The minimum Gasteiger partial charge on any atom is -0.466 e. The van der Waals surface area contributed by atoms with Crippen LogP contribution >= 0.6 is 0 Å². The summed E-state index contributed by atoms with van der Waals surface area (Å²) in [7, 11) is 0. The van der Waals surface area contributed by atoms with Crippen LogP contribution in [0.15, 0.2) is 12.2 Å². The molecule has 0 heterocycles. The van der Waals surface area contributed by atoms with Gasteiger partial charge in [-0.15, -0.1) is 0 Å². The highest BCUT2D eigenvalue weighted by atomic mass is 16.5. The van der Waals surface area contributed by atoms with E-state index in [1.165, 1.54) is 405 Å². The van der Waals surface area contributed by atoms with Gasteiger partial charge in [-0.3, -0.25) is 9.59 Å². The average molecular weight is 1230 g/mol. The van der Waals surface area contributed by atoms with Crippen molar-refractivity contribution in [2.45, 2.75) is 482 Å². The van der Waals surface area contributed by atoms with E-state index in [0.29, 0.717) is 19.4 Å². The molecule has 0 fully saturated rings. The molecule has 0 saturated heterocycles. The molecule has 0 saturated carbocycles. The molecule has 2 atom stereocenters. The molecule has 0 aliphatic rings. The summed E-state index contributed by atoms with van der Waals surface area (Å²) in [5.41, 5.74) is 0. The van der Waals surface area contributed by atoms with Crippen LogP contribution in [0.25, 0.3) is 0 Å². The SMILES string of the molecule is CCCCCCCCCCCCCCCCCCCCCCCC/C=C/C(O)C(CO)NC(=O)CCCCCCCCCCCCCCCCCCCCCCCCCCCCCCCOC(=O)CCCCCCCCCCCCCCCCCCC. The predicted octanol–water partition coefficient (Wildman–Crippen LogP) is 26.7. The number of aliphatic hydroxyl groups excluding tert-OH is 2. The van der Waals surface area contributed by atoms with Gasteiger partial charge in [0.15, 0.2) is 0 Å². The van der Waals surface area contributed by atoms with Crippen molar-refractivity contribution >= 4 is 11.9 Å². The third kappa shape index (κ3) is 73.5. The molecule has 6 heteroatoms. The number of carbonyl (C=O) groups is 2. The third-order valence-electron chi connectivity index (χ3n) is 19.3. The molecule has 0 aromatic carbocycles. The normalized spacial score (nSPS) is 12.5. The molecule has 518 valence electrons. The maximum atomic E-state index is 12.6. The van der Waals surface area contributed by atoms with Gasteiger partial charge in [-0.2, -0.15) is 0 Å². The van der Waals surface area contributed by atoms with Crippen LogP contribution in [0.1, 0.15) is 470 Å². The first-order valence-corrected chi connectivity index (χ1v) is 40.5. The Labute approximate surface area is 546 Å². The Morgan fingerprint density at radius 1 is 0.310 bits per heavy atom. The first kappa shape index (κ1) is 85.6.